The van der Waals surface area contributed by atoms with E-state index in [1.54, 1.807) is 7.05 Å². The second-order valence-electron chi connectivity index (χ2n) is 6.32. The molecule has 0 radical (unpaired) electrons. The van der Waals surface area contributed by atoms with Gasteiger partial charge in [0.15, 0.2) is 5.96 Å². The van der Waals surface area contributed by atoms with Crippen LogP contribution in [0.1, 0.15) is 25.7 Å². The molecule has 128 valence electrons. The van der Waals surface area contributed by atoms with E-state index >= 15 is 0 Å². The van der Waals surface area contributed by atoms with Crippen LogP contribution in [0, 0.1) is 5.41 Å². The van der Waals surface area contributed by atoms with Crippen LogP contribution in [0.2, 0.25) is 0 Å². The second kappa shape index (κ2) is 7.61. The summed E-state index contributed by atoms with van der Waals surface area (Å²) in [6.07, 6.45) is 5.88. The van der Waals surface area contributed by atoms with Crippen molar-refractivity contribution in [2.24, 2.45) is 10.4 Å². The summed E-state index contributed by atoms with van der Waals surface area (Å²) >= 11 is 0. The number of nitrogens with one attached hydrogen (secondary N) is 2. The van der Waals surface area contributed by atoms with E-state index in [-0.39, 0.29) is 5.41 Å². The predicted molar refractivity (Wildman–Crippen MR) is 87.5 cm³/mol. The third kappa shape index (κ3) is 5.10. The molecule has 2 saturated heterocycles. The van der Waals surface area contributed by atoms with Crippen molar-refractivity contribution in [2.45, 2.75) is 25.7 Å². The van der Waals surface area contributed by atoms with Crippen LogP contribution in [0.5, 0.6) is 0 Å². The monoisotopic (exact) mass is 332 g/mol. The van der Waals surface area contributed by atoms with Gasteiger partial charge in [0.25, 0.3) is 0 Å². The molecular weight excluding hydrogens is 304 g/mol. The van der Waals surface area contributed by atoms with Crippen molar-refractivity contribution in [1.82, 2.24) is 14.9 Å². The highest BCUT2D eigenvalue weighted by Gasteiger charge is 2.38. The first kappa shape index (κ1) is 17.5. The Morgan fingerprint density at radius 2 is 2.09 bits per heavy atom. The van der Waals surface area contributed by atoms with Gasteiger partial charge in [0.05, 0.1) is 12.9 Å². The molecule has 2 rings (SSSR count). The molecule has 1 atom stereocenters. The van der Waals surface area contributed by atoms with Gasteiger partial charge in [-0.3, -0.25) is 4.99 Å². The molecule has 2 N–H and O–H groups in total. The van der Waals surface area contributed by atoms with Crippen molar-refractivity contribution in [1.29, 1.82) is 0 Å². The number of rotatable bonds is 4. The van der Waals surface area contributed by atoms with E-state index in [0.29, 0.717) is 13.1 Å². The minimum Gasteiger partial charge on any atom is -0.381 e. The molecule has 1 spiro atoms. The number of ether oxygens (including phenoxy) is 1. The highest BCUT2D eigenvalue weighted by atomic mass is 32.2. The summed E-state index contributed by atoms with van der Waals surface area (Å²) in [7, 11) is -1.37. The Hall–Kier alpha value is -0.860. The Morgan fingerprint density at radius 3 is 2.73 bits per heavy atom. The van der Waals surface area contributed by atoms with Gasteiger partial charge in [0.2, 0.25) is 10.0 Å². The predicted octanol–water partition coefficient (Wildman–Crippen LogP) is 0.00360. The number of hydrogen-bond acceptors (Lipinski definition) is 4. The Labute approximate surface area is 133 Å². The zero-order valence-electron chi connectivity index (χ0n) is 13.6. The third-order valence-electron chi connectivity index (χ3n) is 4.35. The van der Waals surface area contributed by atoms with Gasteiger partial charge in [0.1, 0.15) is 0 Å². The van der Waals surface area contributed by atoms with E-state index in [2.05, 4.69) is 19.9 Å². The van der Waals surface area contributed by atoms with Gasteiger partial charge in [-0.2, -0.15) is 0 Å². The molecule has 2 heterocycles. The molecule has 0 saturated carbocycles. The topological polar surface area (TPSA) is 83.0 Å². The van der Waals surface area contributed by atoms with Crippen molar-refractivity contribution in [3.8, 4) is 0 Å². The lowest BCUT2D eigenvalue weighted by atomic mass is 9.76. The molecule has 1 unspecified atom stereocenters. The lowest BCUT2D eigenvalue weighted by molar-refractivity contribution is -0.0370. The summed E-state index contributed by atoms with van der Waals surface area (Å²) in [6.45, 7) is 4.56. The summed E-state index contributed by atoms with van der Waals surface area (Å²) < 4.78 is 30.3. The van der Waals surface area contributed by atoms with Gasteiger partial charge in [-0.25, -0.2) is 13.1 Å². The summed E-state index contributed by atoms with van der Waals surface area (Å²) in [4.78, 5) is 6.61. The van der Waals surface area contributed by atoms with Crippen molar-refractivity contribution < 1.29 is 13.2 Å². The highest BCUT2D eigenvalue weighted by molar-refractivity contribution is 7.88. The number of hydrogen-bond donors (Lipinski definition) is 2. The Morgan fingerprint density at radius 1 is 1.32 bits per heavy atom. The quantitative estimate of drug-likeness (QED) is 0.430. The second-order valence-corrected chi connectivity index (χ2v) is 8.15. The SMILES string of the molecule is CN=C(NCCNS(C)(=O)=O)N1CCCC2(CCCOC2)C1. The van der Waals surface area contributed by atoms with Crippen molar-refractivity contribution in [3.63, 3.8) is 0 Å². The smallest absolute Gasteiger partial charge is 0.208 e. The lowest BCUT2D eigenvalue weighted by Gasteiger charge is -2.45. The van der Waals surface area contributed by atoms with Gasteiger partial charge < -0.3 is 15.0 Å². The fourth-order valence-corrected chi connectivity index (χ4v) is 3.84. The van der Waals surface area contributed by atoms with Crippen LogP contribution in [-0.2, 0) is 14.8 Å². The van der Waals surface area contributed by atoms with E-state index in [1.807, 2.05) is 0 Å². The highest BCUT2D eigenvalue weighted by Crippen LogP contribution is 2.37. The van der Waals surface area contributed by atoms with Crippen molar-refractivity contribution >= 4 is 16.0 Å². The van der Waals surface area contributed by atoms with Crippen molar-refractivity contribution in [3.05, 3.63) is 0 Å². The molecular formula is C14H28N4O3S. The molecule has 22 heavy (non-hydrogen) atoms. The van der Waals surface area contributed by atoms with Gasteiger partial charge in [-0.05, 0) is 25.7 Å². The maximum absolute atomic E-state index is 11.1. The maximum atomic E-state index is 11.1. The minimum atomic E-state index is -3.14. The Bertz CT molecular complexity index is 481. The van der Waals surface area contributed by atoms with Crippen LogP contribution in [0.25, 0.3) is 0 Å². The first-order valence-electron chi connectivity index (χ1n) is 7.92. The van der Waals surface area contributed by atoms with Gasteiger partial charge in [-0.1, -0.05) is 0 Å². The van der Waals surface area contributed by atoms with Crippen LogP contribution in [0.15, 0.2) is 4.99 Å². The third-order valence-corrected chi connectivity index (χ3v) is 5.08. The molecule has 2 fully saturated rings. The van der Waals surface area contributed by atoms with Crippen LogP contribution >= 0.6 is 0 Å². The molecule has 0 amide bonds. The van der Waals surface area contributed by atoms with E-state index in [0.717, 1.165) is 45.1 Å². The molecule has 0 bridgehead atoms. The number of guanidine groups is 1. The summed E-state index contributed by atoms with van der Waals surface area (Å²) in [5.74, 6) is 0.847. The molecule has 7 nitrogen and oxygen atoms in total. The normalized spacial score (nSPS) is 27.2. The first-order chi connectivity index (χ1) is 10.4. The maximum Gasteiger partial charge on any atom is 0.208 e. The summed E-state index contributed by atoms with van der Waals surface area (Å²) in [5.41, 5.74) is 0.263. The molecule has 2 aliphatic rings. The van der Waals surface area contributed by atoms with Crippen molar-refractivity contribution in [2.75, 3.05) is 52.7 Å². The fraction of sp³-hybridized carbons (Fsp3) is 0.929. The van der Waals surface area contributed by atoms with E-state index in [4.69, 9.17) is 4.74 Å². The van der Waals surface area contributed by atoms with Gasteiger partial charge >= 0.3 is 0 Å². The van der Waals surface area contributed by atoms with E-state index in [9.17, 15) is 8.42 Å². The number of sulfonamides is 1. The average Bonchev–Trinajstić information content (AvgIpc) is 2.47. The molecule has 2 aliphatic heterocycles. The van der Waals surface area contributed by atoms with Gasteiger partial charge in [0, 0.05) is 45.2 Å². The minimum absolute atomic E-state index is 0.263. The zero-order chi connectivity index (χ0) is 16.1. The van der Waals surface area contributed by atoms with Crippen LogP contribution in [-0.4, -0.2) is 72.0 Å². The average molecular weight is 332 g/mol. The molecule has 8 heteroatoms. The Balaban J connectivity index is 1.85. The molecule has 0 aliphatic carbocycles. The molecule has 0 aromatic carbocycles. The summed E-state index contributed by atoms with van der Waals surface area (Å²) in [5, 5.41) is 3.24. The molecule has 0 aromatic heterocycles. The zero-order valence-corrected chi connectivity index (χ0v) is 14.4. The standard InChI is InChI=1S/C14H28N4O3S/c1-15-13(16-7-8-17-22(2,19)20)18-9-3-5-14(11-18)6-4-10-21-12-14/h17H,3-12H2,1-2H3,(H,15,16). The van der Waals surface area contributed by atoms with E-state index in [1.165, 1.54) is 19.1 Å². The van der Waals surface area contributed by atoms with Gasteiger partial charge in [-0.15, -0.1) is 0 Å². The Kier molecular flexibility index (Phi) is 6.05. The fourth-order valence-electron chi connectivity index (χ4n) is 3.36. The van der Waals surface area contributed by atoms with E-state index < -0.39 is 10.0 Å². The first-order valence-corrected chi connectivity index (χ1v) is 9.81. The lowest BCUT2D eigenvalue weighted by Crippen LogP contribution is -2.53. The number of piperidine rings is 1. The molecule has 0 aromatic rings. The number of aliphatic imine (C=N–C) groups is 1. The number of nitrogens with zero attached hydrogens (tertiary/aromatic N) is 2. The summed E-state index contributed by atoms with van der Waals surface area (Å²) in [6, 6.07) is 0. The largest absolute Gasteiger partial charge is 0.381 e. The van der Waals surface area contributed by atoms with Crippen LogP contribution < -0.4 is 10.0 Å². The van der Waals surface area contributed by atoms with Crippen LogP contribution in [0.3, 0.4) is 0 Å². The van der Waals surface area contributed by atoms with Crippen LogP contribution in [0.4, 0.5) is 0 Å². The number of likely N-dealkylation sites (tertiary alicyclic amines) is 1.